The van der Waals surface area contributed by atoms with E-state index in [0.717, 1.165) is 0 Å². The Hall–Kier alpha value is -0.603. The highest BCUT2D eigenvalue weighted by Gasteiger charge is 2.17. The quantitative estimate of drug-likeness (QED) is 0.445. The Labute approximate surface area is 63.8 Å². The smallest absolute Gasteiger partial charge is 0.237 e. The predicted molar refractivity (Wildman–Crippen MR) is 48.2 cm³/mol. The van der Waals surface area contributed by atoms with Gasteiger partial charge in [0.25, 0.3) is 0 Å². The number of hydrogen-bond acceptors (Lipinski definition) is 1. The van der Waals surface area contributed by atoms with Crippen LogP contribution in [0, 0.1) is 0 Å². The van der Waals surface area contributed by atoms with E-state index in [0.29, 0.717) is 0 Å². The molecule has 0 aliphatic heterocycles. The van der Waals surface area contributed by atoms with Crippen LogP contribution in [0.25, 0.3) is 0 Å². The van der Waals surface area contributed by atoms with Crippen LogP contribution in [-0.2, 0) is 4.43 Å². The zero-order chi connectivity index (χ0) is 8.04. The fourth-order valence-corrected chi connectivity index (χ4v) is 1.44. The maximum atomic E-state index is 5.28. The highest BCUT2D eigenvalue weighted by atomic mass is 28.4. The van der Waals surface area contributed by atoms with Gasteiger partial charge in [-0.3, -0.25) is 0 Å². The summed E-state index contributed by atoms with van der Waals surface area (Å²) in [6.45, 7) is 9.36. The number of allylic oxidation sites excluding steroid dienone is 2. The summed E-state index contributed by atoms with van der Waals surface area (Å²) in [4.78, 5) is 0. The Morgan fingerprint density at radius 2 is 2.00 bits per heavy atom. The van der Waals surface area contributed by atoms with Crippen molar-refractivity contribution in [2.75, 3.05) is 7.11 Å². The van der Waals surface area contributed by atoms with Gasteiger partial charge in [0.2, 0.25) is 8.32 Å². The molecule has 56 valence electrons. The molecule has 0 radical (unpaired) electrons. The Morgan fingerprint density at radius 3 is 2.30 bits per heavy atom. The third-order valence-electron chi connectivity index (χ3n) is 1.41. The first-order valence-corrected chi connectivity index (χ1v) is 5.74. The van der Waals surface area contributed by atoms with E-state index in [4.69, 9.17) is 4.43 Å². The summed E-state index contributed by atoms with van der Waals surface area (Å²) in [6.07, 6.45) is 3.64. The topological polar surface area (TPSA) is 9.23 Å². The van der Waals surface area contributed by atoms with Crippen LogP contribution in [0.15, 0.2) is 36.7 Å². The second kappa shape index (κ2) is 4.25. The molecule has 0 spiro atoms. The van der Waals surface area contributed by atoms with E-state index in [2.05, 4.69) is 19.7 Å². The predicted octanol–water partition coefficient (Wildman–Crippen LogP) is 2.21. The molecule has 2 heteroatoms. The molecule has 0 aromatic rings. The molecule has 0 aromatic carbocycles. The number of hydrogen-bond donors (Lipinski definition) is 0. The summed E-state index contributed by atoms with van der Waals surface area (Å²) < 4.78 is 5.28. The molecule has 0 aromatic heterocycles. The first-order chi connectivity index (χ1) is 4.68. The molecule has 0 bridgehead atoms. The van der Waals surface area contributed by atoms with Gasteiger partial charge in [0, 0.05) is 7.11 Å². The standard InChI is InChI=1S/C8H14OSi/c1-5-7-8-10(4,6-2)9-3/h5-8H,1-2H2,3-4H3. The highest BCUT2D eigenvalue weighted by Crippen LogP contribution is 2.05. The van der Waals surface area contributed by atoms with E-state index < -0.39 is 8.32 Å². The van der Waals surface area contributed by atoms with E-state index in [-0.39, 0.29) is 0 Å². The third-order valence-corrected chi connectivity index (χ3v) is 3.95. The molecule has 0 heterocycles. The SMILES string of the molecule is C=CC=C[Si](C)(C=C)OC. The minimum absolute atomic E-state index is 1.71. The highest BCUT2D eigenvalue weighted by molar-refractivity contribution is 6.82. The van der Waals surface area contributed by atoms with Crippen molar-refractivity contribution in [1.29, 1.82) is 0 Å². The van der Waals surface area contributed by atoms with Crippen LogP contribution in [0.1, 0.15) is 0 Å². The molecular formula is C8H14OSi. The second-order valence-electron chi connectivity index (χ2n) is 2.19. The largest absolute Gasteiger partial charge is 0.412 e. The first kappa shape index (κ1) is 9.40. The summed E-state index contributed by atoms with van der Waals surface area (Å²) in [5, 5.41) is 0. The first-order valence-electron chi connectivity index (χ1n) is 3.17. The Balaban J connectivity index is 4.18. The van der Waals surface area contributed by atoms with Gasteiger partial charge in [-0.1, -0.05) is 30.1 Å². The minimum atomic E-state index is -1.71. The molecule has 1 unspecified atom stereocenters. The summed E-state index contributed by atoms with van der Waals surface area (Å²) in [6, 6.07) is 0. The van der Waals surface area contributed by atoms with E-state index in [1.54, 1.807) is 13.2 Å². The van der Waals surface area contributed by atoms with Crippen molar-refractivity contribution in [2.24, 2.45) is 0 Å². The fraction of sp³-hybridized carbons (Fsp3) is 0.250. The Kier molecular flexibility index (Phi) is 3.99. The third kappa shape index (κ3) is 2.80. The summed E-state index contributed by atoms with van der Waals surface area (Å²) in [7, 11) is 0.00343. The second-order valence-corrected chi connectivity index (χ2v) is 5.70. The zero-order valence-electron chi connectivity index (χ0n) is 6.63. The molecule has 0 saturated carbocycles. The lowest BCUT2D eigenvalue weighted by molar-refractivity contribution is 0.419. The van der Waals surface area contributed by atoms with Gasteiger partial charge in [-0.25, -0.2) is 0 Å². The van der Waals surface area contributed by atoms with Crippen LogP contribution in [0.5, 0.6) is 0 Å². The van der Waals surface area contributed by atoms with Crippen molar-refractivity contribution in [3.05, 3.63) is 36.7 Å². The minimum Gasteiger partial charge on any atom is -0.412 e. The van der Waals surface area contributed by atoms with E-state index in [1.807, 2.05) is 17.5 Å². The average molecular weight is 154 g/mol. The maximum Gasteiger partial charge on any atom is 0.237 e. The van der Waals surface area contributed by atoms with Crippen molar-refractivity contribution in [2.45, 2.75) is 6.55 Å². The molecule has 0 aliphatic rings. The van der Waals surface area contributed by atoms with E-state index in [1.165, 1.54) is 0 Å². The van der Waals surface area contributed by atoms with Crippen molar-refractivity contribution in [3.8, 4) is 0 Å². The summed E-state index contributed by atoms with van der Waals surface area (Å²) in [5.74, 6) is 0. The molecule has 0 saturated heterocycles. The van der Waals surface area contributed by atoms with Gasteiger partial charge in [0.1, 0.15) is 0 Å². The van der Waals surface area contributed by atoms with Crippen LogP contribution >= 0.6 is 0 Å². The molecule has 0 aliphatic carbocycles. The molecule has 0 amide bonds. The molecule has 1 nitrogen and oxygen atoms in total. The average Bonchev–Trinajstić information content (AvgIpc) is 2.00. The van der Waals surface area contributed by atoms with Crippen LogP contribution in [0.4, 0.5) is 0 Å². The summed E-state index contributed by atoms with van der Waals surface area (Å²) >= 11 is 0. The Morgan fingerprint density at radius 1 is 1.40 bits per heavy atom. The van der Waals surface area contributed by atoms with Crippen LogP contribution in [-0.4, -0.2) is 15.4 Å². The van der Waals surface area contributed by atoms with Crippen LogP contribution in [0.2, 0.25) is 6.55 Å². The lowest BCUT2D eigenvalue weighted by Gasteiger charge is -2.14. The Bertz CT molecular complexity index is 151. The monoisotopic (exact) mass is 154 g/mol. The van der Waals surface area contributed by atoms with Gasteiger partial charge < -0.3 is 4.43 Å². The molecule has 0 rings (SSSR count). The maximum absolute atomic E-state index is 5.28. The van der Waals surface area contributed by atoms with Crippen molar-refractivity contribution >= 4 is 8.32 Å². The van der Waals surface area contributed by atoms with E-state index in [9.17, 15) is 0 Å². The van der Waals surface area contributed by atoms with Crippen molar-refractivity contribution < 1.29 is 4.43 Å². The van der Waals surface area contributed by atoms with Crippen LogP contribution in [0.3, 0.4) is 0 Å². The molecule has 1 atom stereocenters. The lowest BCUT2D eigenvalue weighted by Crippen LogP contribution is -2.27. The molecule has 10 heavy (non-hydrogen) atoms. The fourth-order valence-electron chi connectivity index (χ4n) is 0.479. The van der Waals surface area contributed by atoms with Crippen LogP contribution < -0.4 is 0 Å². The van der Waals surface area contributed by atoms with Gasteiger partial charge in [0.15, 0.2) is 0 Å². The van der Waals surface area contributed by atoms with Gasteiger partial charge >= 0.3 is 0 Å². The van der Waals surface area contributed by atoms with Gasteiger partial charge in [-0.15, -0.1) is 6.58 Å². The van der Waals surface area contributed by atoms with E-state index >= 15 is 0 Å². The van der Waals surface area contributed by atoms with Crippen molar-refractivity contribution in [1.82, 2.24) is 0 Å². The van der Waals surface area contributed by atoms with Crippen molar-refractivity contribution in [3.63, 3.8) is 0 Å². The lowest BCUT2D eigenvalue weighted by atomic mass is 10.6. The molecular weight excluding hydrogens is 140 g/mol. The van der Waals surface area contributed by atoms with Gasteiger partial charge in [0.05, 0.1) is 0 Å². The normalized spacial score (nSPS) is 16.6. The summed E-state index contributed by atoms with van der Waals surface area (Å²) in [5.41, 5.74) is 3.92. The number of rotatable bonds is 4. The molecule has 0 fully saturated rings. The molecule has 0 N–H and O–H groups in total. The zero-order valence-corrected chi connectivity index (χ0v) is 7.63. The van der Waals surface area contributed by atoms with Gasteiger partial charge in [-0.2, -0.15) is 0 Å². The van der Waals surface area contributed by atoms with Gasteiger partial charge in [-0.05, 0) is 6.55 Å².